The molecule has 0 fully saturated rings. The summed E-state index contributed by atoms with van der Waals surface area (Å²) >= 11 is 5.39. The second-order valence-electron chi connectivity index (χ2n) is 4.65. The zero-order chi connectivity index (χ0) is 12.7. The van der Waals surface area contributed by atoms with Crippen molar-refractivity contribution in [3.63, 3.8) is 0 Å². The van der Waals surface area contributed by atoms with E-state index in [9.17, 15) is 4.79 Å². The van der Waals surface area contributed by atoms with Gasteiger partial charge < -0.3 is 5.32 Å². The topological polar surface area (TPSA) is 29.1 Å². The molecule has 2 nitrogen and oxygen atoms in total. The lowest BCUT2D eigenvalue weighted by molar-refractivity contribution is -0.118. The molecule has 0 saturated carbocycles. The van der Waals surface area contributed by atoms with Crippen molar-refractivity contribution in [3.8, 4) is 0 Å². The average molecular weight is 254 g/mol. The molecule has 0 radical (unpaired) electrons. The first kappa shape index (κ1) is 14.0. The van der Waals surface area contributed by atoms with Crippen LogP contribution in [0.4, 0.5) is 0 Å². The summed E-state index contributed by atoms with van der Waals surface area (Å²) < 4.78 is 0. The van der Waals surface area contributed by atoms with Gasteiger partial charge in [0.15, 0.2) is 0 Å². The summed E-state index contributed by atoms with van der Waals surface area (Å²) in [6.45, 7) is 5.08. The van der Waals surface area contributed by atoms with Gasteiger partial charge in [-0.05, 0) is 29.9 Å². The van der Waals surface area contributed by atoms with Crippen molar-refractivity contribution < 1.29 is 4.79 Å². The second kappa shape index (κ2) is 7.33. The minimum atomic E-state index is -0.108. The Bertz CT molecular complexity index is 346. The monoisotopic (exact) mass is 253 g/mol. The fraction of sp³-hybridized carbons (Fsp3) is 0.500. The molecule has 0 aliphatic rings. The van der Waals surface area contributed by atoms with E-state index in [4.69, 9.17) is 11.6 Å². The van der Waals surface area contributed by atoms with Crippen molar-refractivity contribution in [2.45, 2.75) is 26.7 Å². The van der Waals surface area contributed by atoms with Gasteiger partial charge in [0, 0.05) is 6.54 Å². The molecule has 0 saturated heterocycles. The van der Waals surface area contributed by atoms with Crippen LogP contribution in [-0.4, -0.2) is 18.3 Å². The second-order valence-corrected chi connectivity index (χ2v) is 4.92. The highest BCUT2D eigenvalue weighted by atomic mass is 35.5. The molecule has 0 spiro atoms. The Morgan fingerprint density at radius 1 is 1.24 bits per heavy atom. The van der Waals surface area contributed by atoms with Crippen molar-refractivity contribution in [3.05, 3.63) is 35.4 Å². The Morgan fingerprint density at radius 2 is 1.82 bits per heavy atom. The van der Waals surface area contributed by atoms with E-state index >= 15 is 0 Å². The fourth-order valence-corrected chi connectivity index (χ4v) is 1.80. The molecule has 3 heteroatoms. The average Bonchev–Trinajstić information content (AvgIpc) is 2.30. The van der Waals surface area contributed by atoms with Gasteiger partial charge in [0.25, 0.3) is 0 Å². The molecular formula is C14H20ClNO. The van der Waals surface area contributed by atoms with Crippen LogP contribution in [0.2, 0.25) is 0 Å². The SMILES string of the molecule is CC(C)Cc1ccc(CCNC(=O)CCl)cc1. The van der Waals surface area contributed by atoms with Crippen LogP contribution in [0.3, 0.4) is 0 Å². The van der Waals surface area contributed by atoms with Crippen molar-refractivity contribution in [1.82, 2.24) is 5.32 Å². The standard InChI is InChI=1S/C14H20ClNO/c1-11(2)9-13-5-3-12(4-6-13)7-8-16-14(17)10-15/h3-6,11H,7-10H2,1-2H3,(H,16,17). The van der Waals surface area contributed by atoms with Crippen molar-refractivity contribution in [2.24, 2.45) is 5.92 Å². The fourth-order valence-electron chi connectivity index (χ4n) is 1.71. The Labute approximate surface area is 108 Å². The van der Waals surface area contributed by atoms with Gasteiger partial charge in [-0.15, -0.1) is 11.6 Å². The smallest absolute Gasteiger partial charge is 0.234 e. The van der Waals surface area contributed by atoms with E-state index in [1.807, 2.05) is 0 Å². The van der Waals surface area contributed by atoms with Crippen LogP contribution in [0, 0.1) is 5.92 Å². The van der Waals surface area contributed by atoms with Gasteiger partial charge in [0.1, 0.15) is 5.88 Å². The molecule has 0 bridgehead atoms. The molecule has 0 aliphatic heterocycles. The zero-order valence-electron chi connectivity index (χ0n) is 10.5. The number of carbonyl (C=O) groups excluding carboxylic acids is 1. The van der Waals surface area contributed by atoms with Crippen LogP contribution in [0.1, 0.15) is 25.0 Å². The molecule has 0 atom stereocenters. The molecule has 0 unspecified atom stereocenters. The summed E-state index contributed by atoms with van der Waals surface area (Å²) in [7, 11) is 0. The zero-order valence-corrected chi connectivity index (χ0v) is 11.3. The van der Waals surface area contributed by atoms with E-state index in [0.717, 1.165) is 12.8 Å². The number of alkyl halides is 1. The molecule has 17 heavy (non-hydrogen) atoms. The van der Waals surface area contributed by atoms with Crippen LogP contribution in [0.25, 0.3) is 0 Å². The molecule has 1 N–H and O–H groups in total. The highest BCUT2D eigenvalue weighted by Crippen LogP contribution is 2.09. The summed E-state index contributed by atoms with van der Waals surface area (Å²) in [5.74, 6) is 0.611. The Morgan fingerprint density at radius 3 is 2.35 bits per heavy atom. The lowest BCUT2D eigenvalue weighted by Crippen LogP contribution is -2.26. The van der Waals surface area contributed by atoms with E-state index in [-0.39, 0.29) is 11.8 Å². The van der Waals surface area contributed by atoms with E-state index < -0.39 is 0 Å². The summed E-state index contributed by atoms with van der Waals surface area (Å²) in [6.07, 6.45) is 1.97. The van der Waals surface area contributed by atoms with Crippen LogP contribution in [-0.2, 0) is 17.6 Å². The van der Waals surface area contributed by atoms with Crippen molar-refractivity contribution in [1.29, 1.82) is 0 Å². The number of rotatable bonds is 6. The first-order valence-electron chi connectivity index (χ1n) is 6.02. The van der Waals surface area contributed by atoms with Crippen molar-refractivity contribution >= 4 is 17.5 Å². The summed E-state index contributed by atoms with van der Waals surface area (Å²) in [5.41, 5.74) is 2.61. The third-order valence-corrected chi connectivity index (χ3v) is 2.77. The number of benzene rings is 1. The predicted octanol–water partition coefficient (Wildman–Crippen LogP) is 2.78. The Hall–Kier alpha value is -1.02. The van der Waals surface area contributed by atoms with Gasteiger partial charge in [-0.1, -0.05) is 38.1 Å². The largest absolute Gasteiger partial charge is 0.355 e. The molecule has 1 rings (SSSR count). The summed E-state index contributed by atoms with van der Waals surface area (Å²) in [4.78, 5) is 10.9. The lowest BCUT2D eigenvalue weighted by Gasteiger charge is -2.07. The highest BCUT2D eigenvalue weighted by molar-refractivity contribution is 6.27. The van der Waals surface area contributed by atoms with Crippen LogP contribution < -0.4 is 5.32 Å². The maximum absolute atomic E-state index is 10.9. The normalized spacial score (nSPS) is 10.6. The molecule has 0 heterocycles. The first-order valence-corrected chi connectivity index (χ1v) is 6.55. The molecular weight excluding hydrogens is 234 g/mol. The highest BCUT2D eigenvalue weighted by Gasteiger charge is 2.00. The minimum absolute atomic E-state index is 0.0350. The van der Waals surface area contributed by atoms with E-state index in [1.165, 1.54) is 11.1 Å². The number of halogens is 1. The van der Waals surface area contributed by atoms with Crippen molar-refractivity contribution in [2.75, 3.05) is 12.4 Å². The van der Waals surface area contributed by atoms with Gasteiger partial charge in [0.2, 0.25) is 5.91 Å². The van der Waals surface area contributed by atoms with Crippen LogP contribution >= 0.6 is 11.6 Å². The van der Waals surface area contributed by atoms with E-state index in [1.54, 1.807) is 0 Å². The molecule has 0 aliphatic carbocycles. The van der Waals surface area contributed by atoms with E-state index in [2.05, 4.69) is 43.4 Å². The van der Waals surface area contributed by atoms with Gasteiger partial charge in [0.05, 0.1) is 0 Å². The summed E-state index contributed by atoms with van der Waals surface area (Å²) in [5, 5.41) is 2.76. The number of hydrogen-bond donors (Lipinski definition) is 1. The van der Waals surface area contributed by atoms with E-state index in [0.29, 0.717) is 12.5 Å². The number of hydrogen-bond acceptors (Lipinski definition) is 1. The maximum Gasteiger partial charge on any atom is 0.234 e. The van der Waals surface area contributed by atoms with Gasteiger partial charge in [-0.3, -0.25) is 4.79 Å². The predicted molar refractivity (Wildman–Crippen MR) is 72.4 cm³/mol. The maximum atomic E-state index is 10.9. The van der Waals surface area contributed by atoms with Gasteiger partial charge >= 0.3 is 0 Å². The minimum Gasteiger partial charge on any atom is -0.355 e. The molecule has 1 aromatic rings. The molecule has 1 aromatic carbocycles. The van der Waals surface area contributed by atoms with Gasteiger partial charge in [-0.25, -0.2) is 0 Å². The number of amides is 1. The Balaban J connectivity index is 2.37. The summed E-state index contributed by atoms with van der Waals surface area (Å²) in [6, 6.07) is 8.59. The Kier molecular flexibility index (Phi) is 6.06. The van der Waals surface area contributed by atoms with Crippen LogP contribution in [0.15, 0.2) is 24.3 Å². The number of nitrogens with one attached hydrogen (secondary N) is 1. The quantitative estimate of drug-likeness (QED) is 0.776. The molecule has 1 amide bonds. The molecule has 94 valence electrons. The van der Waals surface area contributed by atoms with Gasteiger partial charge in [-0.2, -0.15) is 0 Å². The first-order chi connectivity index (χ1) is 8.11. The lowest BCUT2D eigenvalue weighted by atomic mass is 10.0. The third kappa shape index (κ3) is 5.73. The third-order valence-electron chi connectivity index (χ3n) is 2.52. The molecule has 0 aromatic heterocycles. The van der Waals surface area contributed by atoms with Crippen LogP contribution in [0.5, 0.6) is 0 Å². The number of carbonyl (C=O) groups is 1.